The smallest absolute Gasteiger partial charge is 0.329 e. The Morgan fingerprint density at radius 3 is 2.40 bits per heavy atom. The van der Waals surface area contributed by atoms with Crippen LogP contribution in [-0.2, 0) is 35.4 Å². The summed E-state index contributed by atoms with van der Waals surface area (Å²) in [6.45, 7) is -1.97. The topological polar surface area (TPSA) is 107 Å². The van der Waals surface area contributed by atoms with Crippen LogP contribution in [-0.4, -0.2) is 56.3 Å². The van der Waals surface area contributed by atoms with E-state index in [1.165, 1.54) is 0 Å². The molecule has 2 aromatic carbocycles. The van der Waals surface area contributed by atoms with E-state index in [2.05, 4.69) is 20.1 Å². The van der Waals surface area contributed by atoms with Gasteiger partial charge in [-0.3, -0.25) is 9.59 Å². The van der Waals surface area contributed by atoms with Crippen LogP contribution in [0.15, 0.2) is 41.5 Å². The normalized spacial score (nSPS) is 18.5. The highest BCUT2D eigenvalue weighted by Gasteiger charge is 2.52. The van der Waals surface area contributed by atoms with E-state index in [4.69, 9.17) is 0 Å². The largest absolute Gasteiger partial charge is 0.497 e. The molecule has 42 heavy (non-hydrogen) atoms. The molecule has 1 atom stereocenters. The Balaban J connectivity index is 1.49. The zero-order chi connectivity index (χ0) is 30.6. The van der Waals surface area contributed by atoms with Gasteiger partial charge in [-0.2, -0.15) is 26.3 Å². The van der Waals surface area contributed by atoms with E-state index < -0.39 is 76.6 Å². The number of hydrogen-bond acceptors (Lipinski definition) is 7. The van der Waals surface area contributed by atoms with Crippen molar-refractivity contribution >= 4 is 29.6 Å². The van der Waals surface area contributed by atoms with E-state index >= 15 is 0 Å². The van der Waals surface area contributed by atoms with E-state index in [1.807, 2.05) is 0 Å². The molecule has 0 bridgehead atoms. The molecule has 0 spiro atoms. The van der Waals surface area contributed by atoms with Gasteiger partial charge >= 0.3 is 18.3 Å². The number of hydrogen-bond donors (Lipinski definition) is 0. The Bertz CT molecular complexity index is 1650. The summed E-state index contributed by atoms with van der Waals surface area (Å²) in [5.41, 5.74) is -1.69. The Hall–Kier alpha value is -4.74. The van der Waals surface area contributed by atoms with E-state index in [-0.39, 0.29) is 30.0 Å². The Morgan fingerprint density at radius 1 is 0.976 bits per heavy atom. The lowest BCUT2D eigenvalue weighted by Crippen LogP contribution is -2.50. The van der Waals surface area contributed by atoms with Crippen molar-refractivity contribution in [2.24, 2.45) is 5.10 Å². The number of Topliss-reactive ketones (excluding diaryl/α,β-unsaturated/α-hetero) is 1. The summed E-state index contributed by atoms with van der Waals surface area (Å²) < 4.78 is 107. The van der Waals surface area contributed by atoms with E-state index in [1.54, 1.807) is 0 Å². The molecule has 18 heteroatoms. The van der Waals surface area contributed by atoms with Crippen LogP contribution in [0.4, 0.5) is 40.8 Å². The van der Waals surface area contributed by atoms with Crippen LogP contribution in [0.2, 0.25) is 0 Å². The van der Waals surface area contributed by atoms with Crippen LogP contribution >= 0.6 is 0 Å². The number of nitrogens with zero attached hydrogens (tertiary/aromatic N) is 6. The minimum absolute atomic E-state index is 0.143. The third kappa shape index (κ3) is 5.19. The van der Waals surface area contributed by atoms with Crippen molar-refractivity contribution in [3.63, 3.8) is 0 Å². The summed E-state index contributed by atoms with van der Waals surface area (Å²) in [6, 6.07) is 5.16. The van der Waals surface area contributed by atoms with Crippen molar-refractivity contribution in [2.45, 2.75) is 32.0 Å². The molecule has 0 radical (unpaired) electrons. The van der Waals surface area contributed by atoms with Gasteiger partial charge in [0.05, 0.1) is 17.7 Å². The van der Waals surface area contributed by atoms with Gasteiger partial charge < -0.3 is 9.47 Å². The molecule has 10 nitrogen and oxygen atoms in total. The van der Waals surface area contributed by atoms with E-state index in [0.29, 0.717) is 12.3 Å². The second kappa shape index (κ2) is 9.97. The monoisotopic (exact) mass is 603 g/mol. The highest BCUT2D eigenvalue weighted by molar-refractivity contribution is 6.37. The lowest BCUT2D eigenvalue weighted by molar-refractivity contribution is -0.237. The number of halogens is 8. The molecule has 2 aliphatic rings. The van der Waals surface area contributed by atoms with Gasteiger partial charge in [-0.05, 0) is 29.4 Å². The molecule has 220 valence electrons. The van der Waals surface area contributed by atoms with Gasteiger partial charge in [0.1, 0.15) is 17.8 Å². The minimum Gasteiger partial charge on any atom is -0.329 e. The zero-order valence-electron chi connectivity index (χ0n) is 20.7. The van der Waals surface area contributed by atoms with Crippen molar-refractivity contribution in [2.75, 3.05) is 6.54 Å². The first kappa shape index (κ1) is 28.8. The van der Waals surface area contributed by atoms with Gasteiger partial charge in [0.15, 0.2) is 12.4 Å². The maximum absolute atomic E-state index is 14.8. The molecule has 0 fully saturated rings. The lowest BCUT2D eigenvalue weighted by atomic mass is 10.0. The number of fused-ring (bicyclic) bond motifs is 2. The lowest BCUT2D eigenvalue weighted by Gasteiger charge is -2.31. The average Bonchev–Trinajstić information content (AvgIpc) is 3.35. The van der Waals surface area contributed by atoms with E-state index in [0.717, 1.165) is 39.8 Å². The van der Waals surface area contributed by atoms with Crippen molar-refractivity contribution in [1.82, 2.24) is 24.4 Å². The molecule has 3 heterocycles. The molecule has 1 amide bonds. The van der Waals surface area contributed by atoms with Gasteiger partial charge in [0.2, 0.25) is 17.3 Å². The molecular weight excluding hydrogens is 588 g/mol. The first-order valence-electron chi connectivity index (χ1n) is 11.7. The van der Waals surface area contributed by atoms with Crippen LogP contribution in [0.1, 0.15) is 37.9 Å². The van der Waals surface area contributed by atoms with Gasteiger partial charge in [-0.1, -0.05) is 6.07 Å². The molecule has 1 aromatic heterocycles. The summed E-state index contributed by atoms with van der Waals surface area (Å²) in [6.07, 6.45) is -9.76. The third-order valence-corrected chi connectivity index (χ3v) is 6.38. The minimum atomic E-state index is -5.53. The Morgan fingerprint density at radius 2 is 1.71 bits per heavy atom. The number of rotatable bonds is 4. The summed E-state index contributed by atoms with van der Waals surface area (Å²) in [7, 11) is 0. The van der Waals surface area contributed by atoms with Crippen molar-refractivity contribution < 1.29 is 54.3 Å². The summed E-state index contributed by atoms with van der Waals surface area (Å²) in [5, 5.41) is 10.2. The molecule has 0 saturated carbocycles. The maximum Gasteiger partial charge on any atom is 0.497 e. The van der Waals surface area contributed by atoms with Gasteiger partial charge in [0, 0.05) is 29.5 Å². The van der Waals surface area contributed by atoms with Crippen LogP contribution in [0.3, 0.4) is 0 Å². The highest BCUT2D eigenvalue weighted by Crippen LogP contribution is 2.37. The highest BCUT2D eigenvalue weighted by atomic mass is 19.4. The second-order valence-electron chi connectivity index (χ2n) is 9.14. The third-order valence-electron chi connectivity index (χ3n) is 6.38. The molecule has 2 aliphatic heterocycles. The molecule has 3 aromatic rings. The number of quaternary nitrogens is 1. The van der Waals surface area contributed by atoms with Gasteiger partial charge in [-0.25, -0.2) is 18.4 Å². The SMILES string of the molecule is O=C1C=N[N+](Cc2ccc(F)c(C(=O)N3CCn4c(nnc4C(F)(F)F)C3)c2)(OC(=O)C(F)(F)F)c2cc(F)ccc21. The molecular formula is C24H15F8N6O4+. The Kier molecular flexibility index (Phi) is 6.83. The number of amides is 1. The first-order valence-corrected chi connectivity index (χ1v) is 11.7. The second-order valence-corrected chi connectivity index (χ2v) is 9.14. The maximum atomic E-state index is 14.8. The Labute approximate surface area is 228 Å². The van der Waals surface area contributed by atoms with Gasteiger partial charge in [0.25, 0.3) is 5.91 Å². The number of carbonyl (C=O) groups excluding carboxylic acids is 3. The zero-order valence-corrected chi connectivity index (χ0v) is 20.7. The predicted molar refractivity (Wildman–Crippen MR) is 123 cm³/mol. The summed E-state index contributed by atoms with van der Waals surface area (Å²) in [5.74, 6) is -8.15. The number of carbonyl (C=O) groups is 3. The summed E-state index contributed by atoms with van der Waals surface area (Å²) >= 11 is 0. The number of hydroxylamine groups is 1. The fourth-order valence-electron chi connectivity index (χ4n) is 4.49. The quantitative estimate of drug-likeness (QED) is 0.331. The van der Waals surface area contributed by atoms with Crippen molar-refractivity contribution in [1.29, 1.82) is 0 Å². The van der Waals surface area contributed by atoms with Gasteiger partial charge in [-0.15, -0.1) is 10.2 Å². The van der Waals surface area contributed by atoms with Crippen LogP contribution in [0.25, 0.3) is 0 Å². The van der Waals surface area contributed by atoms with Crippen LogP contribution < -0.4 is 4.76 Å². The predicted octanol–water partition coefficient (Wildman–Crippen LogP) is 3.94. The fraction of sp³-hybridized carbons (Fsp3) is 0.250. The molecule has 0 aliphatic carbocycles. The molecule has 5 rings (SSSR count). The molecule has 0 saturated heterocycles. The fourth-order valence-corrected chi connectivity index (χ4v) is 4.49. The number of benzene rings is 2. The van der Waals surface area contributed by atoms with Crippen LogP contribution in [0, 0.1) is 11.6 Å². The average molecular weight is 603 g/mol. The van der Waals surface area contributed by atoms with Crippen molar-refractivity contribution in [3.05, 3.63) is 76.4 Å². The number of ketones is 1. The van der Waals surface area contributed by atoms with E-state index in [9.17, 15) is 49.5 Å². The number of alkyl halides is 6. The summed E-state index contributed by atoms with van der Waals surface area (Å²) in [4.78, 5) is 43.0. The van der Waals surface area contributed by atoms with Crippen LogP contribution in [0.5, 0.6) is 0 Å². The molecule has 0 N–H and O–H groups in total. The standard InChI is InChI=1S/C24H15F8N6O4/c25-13-2-3-14-17(8-13)38(33-9-18(14)39,42-22(41)24(30,31)32)11-12-1-4-16(26)15(7-12)20(40)36-5-6-37-19(10-36)34-35-21(37)23(27,28)29/h1-4,7-9H,5-6,10-11H2/q+1. The number of aromatic nitrogens is 3. The first-order chi connectivity index (χ1) is 19.6. The molecule has 1 unspecified atom stereocenters. The van der Waals surface area contributed by atoms with Crippen molar-refractivity contribution in [3.8, 4) is 0 Å².